The van der Waals surface area contributed by atoms with E-state index in [2.05, 4.69) is 10.1 Å². The lowest BCUT2D eigenvalue weighted by Gasteiger charge is -2.20. The molecule has 0 bridgehead atoms. The van der Waals surface area contributed by atoms with Crippen LogP contribution in [0.15, 0.2) is 24.3 Å². The summed E-state index contributed by atoms with van der Waals surface area (Å²) < 4.78 is 40.8. The summed E-state index contributed by atoms with van der Waals surface area (Å²) in [6.45, 7) is 0. The zero-order valence-corrected chi connectivity index (χ0v) is 11.3. The Morgan fingerprint density at radius 1 is 1.25 bits per heavy atom. The number of hydrogen-bond donors (Lipinski definition) is 1. The molecule has 2 aliphatic carbocycles. The van der Waals surface area contributed by atoms with Crippen molar-refractivity contribution in [2.24, 2.45) is 17.8 Å². The van der Waals surface area contributed by atoms with Gasteiger partial charge in [-0.05, 0) is 55.3 Å². The zero-order valence-electron chi connectivity index (χ0n) is 11.3. The Labute approximate surface area is 116 Å². The van der Waals surface area contributed by atoms with Crippen molar-refractivity contribution in [1.29, 1.82) is 0 Å². The molecule has 0 heterocycles. The number of hydrogen-bond acceptors (Lipinski definition) is 2. The Balaban J connectivity index is 1.77. The van der Waals surface area contributed by atoms with Crippen LogP contribution in [0.1, 0.15) is 30.9 Å². The quantitative estimate of drug-likeness (QED) is 0.906. The number of ether oxygens (including phenoxy) is 1. The second kappa shape index (κ2) is 4.95. The average molecular weight is 285 g/mol. The Hall–Kier alpha value is -1.23. The van der Waals surface area contributed by atoms with Crippen LogP contribution in [0.4, 0.5) is 13.2 Å². The molecule has 3 unspecified atom stereocenters. The van der Waals surface area contributed by atoms with Gasteiger partial charge in [0.1, 0.15) is 5.75 Å². The van der Waals surface area contributed by atoms with Crippen LogP contribution in [0.5, 0.6) is 5.75 Å². The number of alkyl halides is 3. The molecule has 1 N–H and O–H groups in total. The predicted octanol–water partition coefficient (Wildman–Crippen LogP) is 3.89. The molecule has 1 aromatic carbocycles. The summed E-state index contributed by atoms with van der Waals surface area (Å²) in [5.41, 5.74) is 0.883. The minimum atomic E-state index is -4.64. The van der Waals surface area contributed by atoms with Crippen LogP contribution in [-0.4, -0.2) is 13.4 Å². The Morgan fingerprint density at radius 2 is 1.95 bits per heavy atom. The Morgan fingerprint density at radius 3 is 2.55 bits per heavy atom. The van der Waals surface area contributed by atoms with E-state index >= 15 is 0 Å². The van der Waals surface area contributed by atoms with Gasteiger partial charge in [0.25, 0.3) is 0 Å². The Kier molecular flexibility index (Phi) is 3.40. The zero-order chi connectivity index (χ0) is 14.3. The molecule has 0 radical (unpaired) electrons. The first-order chi connectivity index (χ1) is 9.49. The first kappa shape index (κ1) is 13.7. The van der Waals surface area contributed by atoms with Gasteiger partial charge in [-0.3, -0.25) is 0 Å². The van der Waals surface area contributed by atoms with Crippen LogP contribution in [0.3, 0.4) is 0 Å². The smallest absolute Gasteiger partial charge is 0.406 e. The summed E-state index contributed by atoms with van der Waals surface area (Å²) in [5.74, 6) is 1.93. The highest BCUT2D eigenvalue weighted by atomic mass is 19.4. The fraction of sp³-hybridized carbons (Fsp3) is 0.600. The molecule has 3 atom stereocenters. The highest BCUT2D eigenvalue weighted by Crippen LogP contribution is 2.62. The van der Waals surface area contributed by atoms with E-state index in [1.165, 1.54) is 31.4 Å². The largest absolute Gasteiger partial charge is 0.573 e. The van der Waals surface area contributed by atoms with Crippen molar-refractivity contribution < 1.29 is 17.9 Å². The molecule has 0 amide bonds. The molecular formula is C15H18F3NO. The standard InChI is InChI=1S/C15H18F3NO/c1-19-14(13-11-6-3-7-12(11)13)9-4-2-5-10(8-9)20-15(16,17)18/h2,4-5,8,11-14,19H,3,6-7H2,1H3. The van der Waals surface area contributed by atoms with Crippen LogP contribution in [0.25, 0.3) is 0 Å². The summed E-state index contributed by atoms with van der Waals surface area (Å²) >= 11 is 0. The van der Waals surface area contributed by atoms with Gasteiger partial charge in [-0.2, -0.15) is 0 Å². The number of fused-ring (bicyclic) bond motifs is 1. The molecule has 0 aliphatic heterocycles. The molecular weight excluding hydrogens is 267 g/mol. The molecule has 0 aromatic heterocycles. The topological polar surface area (TPSA) is 21.3 Å². The van der Waals surface area contributed by atoms with Gasteiger partial charge in [0.15, 0.2) is 0 Å². The van der Waals surface area contributed by atoms with E-state index in [1.807, 2.05) is 13.1 Å². The summed E-state index contributed by atoms with van der Waals surface area (Å²) in [4.78, 5) is 0. The third-order valence-electron chi connectivity index (χ3n) is 4.62. The van der Waals surface area contributed by atoms with E-state index in [4.69, 9.17) is 0 Å². The van der Waals surface area contributed by atoms with E-state index in [0.717, 1.165) is 17.4 Å². The van der Waals surface area contributed by atoms with Crippen molar-refractivity contribution in [1.82, 2.24) is 5.32 Å². The van der Waals surface area contributed by atoms with E-state index < -0.39 is 6.36 Å². The first-order valence-corrected chi connectivity index (χ1v) is 7.02. The van der Waals surface area contributed by atoms with Gasteiger partial charge < -0.3 is 10.1 Å². The van der Waals surface area contributed by atoms with Gasteiger partial charge in [0, 0.05) is 6.04 Å². The van der Waals surface area contributed by atoms with Crippen molar-refractivity contribution in [3.63, 3.8) is 0 Å². The molecule has 1 aromatic rings. The number of nitrogens with one attached hydrogen (secondary N) is 1. The van der Waals surface area contributed by atoms with Crippen molar-refractivity contribution in [2.45, 2.75) is 31.7 Å². The lowest BCUT2D eigenvalue weighted by molar-refractivity contribution is -0.274. The molecule has 2 saturated carbocycles. The second-order valence-electron chi connectivity index (χ2n) is 5.72. The summed E-state index contributed by atoms with van der Waals surface area (Å²) in [6, 6.07) is 6.47. The maximum Gasteiger partial charge on any atom is 0.573 e. The van der Waals surface area contributed by atoms with Gasteiger partial charge in [-0.25, -0.2) is 0 Å². The number of halogens is 3. The lowest BCUT2D eigenvalue weighted by Crippen LogP contribution is -2.21. The highest BCUT2D eigenvalue weighted by Gasteiger charge is 2.55. The van der Waals surface area contributed by atoms with Gasteiger partial charge in [-0.1, -0.05) is 18.6 Å². The highest BCUT2D eigenvalue weighted by molar-refractivity contribution is 5.32. The molecule has 2 fully saturated rings. The summed E-state index contributed by atoms with van der Waals surface area (Å²) in [5, 5.41) is 3.26. The van der Waals surface area contributed by atoms with Gasteiger partial charge in [-0.15, -0.1) is 13.2 Å². The van der Waals surface area contributed by atoms with Gasteiger partial charge in [0.2, 0.25) is 0 Å². The third kappa shape index (κ3) is 2.64. The number of rotatable bonds is 4. The monoisotopic (exact) mass is 285 g/mol. The fourth-order valence-electron chi connectivity index (χ4n) is 3.86. The molecule has 110 valence electrons. The first-order valence-electron chi connectivity index (χ1n) is 7.02. The van der Waals surface area contributed by atoms with E-state index in [0.29, 0.717) is 5.92 Å². The van der Waals surface area contributed by atoms with Gasteiger partial charge in [0.05, 0.1) is 0 Å². The van der Waals surface area contributed by atoms with Crippen molar-refractivity contribution >= 4 is 0 Å². The van der Waals surface area contributed by atoms with Crippen molar-refractivity contribution in [3.8, 4) is 5.75 Å². The predicted molar refractivity (Wildman–Crippen MR) is 69.2 cm³/mol. The number of benzene rings is 1. The molecule has 3 rings (SSSR count). The van der Waals surface area contributed by atoms with Gasteiger partial charge >= 0.3 is 6.36 Å². The van der Waals surface area contributed by atoms with Crippen LogP contribution < -0.4 is 10.1 Å². The maximum atomic E-state index is 12.3. The van der Waals surface area contributed by atoms with Crippen LogP contribution in [0.2, 0.25) is 0 Å². The second-order valence-corrected chi connectivity index (χ2v) is 5.72. The summed E-state index contributed by atoms with van der Waals surface area (Å²) in [7, 11) is 1.87. The molecule has 2 nitrogen and oxygen atoms in total. The van der Waals surface area contributed by atoms with Crippen LogP contribution in [0, 0.1) is 17.8 Å². The van der Waals surface area contributed by atoms with E-state index in [-0.39, 0.29) is 11.8 Å². The van der Waals surface area contributed by atoms with Crippen LogP contribution in [-0.2, 0) is 0 Å². The SMILES string of the molecule is CNC(c1cccc(OC(F)(F)F)c1)C1C2CCCC21. The molecule has 5 heteroatoms. The van der Waals surface area contributed by atoms with E-state index in [1.54, 1.807) is 6.07 Å². The Bertz CT molecular complexity index is 478. The third-order valence-corrected chi connectivity index (χ3v) is 4.62. The molecule has 2 aliphatic rings. The van der Waals surface area contributed by atoms with Crippen molar-refractivity contribution in [3.05, 3.63) is 29.8 Å². The molecule has 0 saturated heterocycles. The summed E-state index contributed by atoms with van der Waals surface area (Å²) in [6.07, 6.45) is -0.831. The normalized spacial score (nSPS) is 29.9. The maximum absolute atomic E-state index is 12.3. The molecule has 0 spiro atoms. The lowest BCUT2D eigenvalue weighted by atomic mass is 9.97. The fourth-order valence-corrected chi connectivity index (χ4v) is 3.86. The minimum absolute atomic E-state index is 0.127. The average Bonchev–Trinajstić information content (AvgIpc) is 2.83. The van der Waals surface area contributed by atoms with Crippen molar-refractivity contribution in [2.75, 3.05) is 7.05 Å². The van der Waals surface area contributed by atoms with E-state index in [9.17, 15) is 13.2 Å². The van der Waals surface area contributed by atoms with Crippen LogP contribution >= 0.6 is 0 Å². The minimum Gasteiger partial charge on any atom is -0.406 e. The molecule has 20 heavy (non-hydrogen) atoms.